The van der Waals surface area contributed by atoms with E-state index in [2.05, 4.69) is 27.0 Å². The second-order valence-corrected chi connectivity index (χ2v) is 11.9. The second kappa shape index (κ2) is 13.1. The molecule has 3 heterocycles. The molecule has 36 heavy (non-hydrogen) atoms. The summed E-state index contributed by atoms with van der Waals surface area (Å²) < 4.78 is 5.02. The zero-order valence-corrected chi connectivity index (χ0v) is 22.8. The van der Waals surface area contributed by atoms with Crippen LogP contribution in [-0.2, 0) is 19.1 Å². The van der Waals surface area contributed by atoms with Gasteiger partial charge in [-0.25, -0.2) is 0 Å². The van der Waals surface area contributed by atoms with Crippen molar-refractivity contribution in [1.82, 2.24) is 9.80 Å². The lowest BCUT2D eigenvalue weighted by atomic mass is 9.66. The van der Waals surface area contributed by atoms with E-state index in [-0.39, 0.29) is 35.6 Å². The molecule has 6 atom stereocenters. The molecular weight excluding hydrogens is 476 g/mol. The van der Waals surface area contributed by atoms with E-state index in [4.69, 9.17) is 4.74 Å². The van der Waals surface area contributed by atoms with E-state index in [0.29, 0.717) is 32.7 Å². The Bertz CT molecular complexity index is 820. The highest BCUT2D eigenvalue weighted by Gasteiger charge is 2.76. The van der Waals surface area contributed by atoms with Gasteiger partial charge in [-0.15, -0.1) is 24.9 Å². The minimum absolute atomic E-state index is 0.0159. The van der Waals surface area contributed by atoms with Crippen molar-refractivity contribution in [3.63, 3.8) is 0 Å². The molecule has 3 rings (SSSR count). The van der Waals surface area contributed by atoms with Crippen LogP contribution in [0.25, 0.3) is 0 Å². The Kier molecular flexibility index (Phi) is 10.5. The summed E-state index contributed by atoms with van der Waals surface area (Å²) in [5, 5.41) is 9.51. The lowest BCUT2D eigenvalue weighted by molar-refractivity contribution is -0.154. The highest BCUT2D eigenvalue weighted by molar-refractivity contribution is 8.02. The fourth-order valence-electron chi connectivity index (χ4n) is 6.38. The van der Waals surface area contributed by atoms with Gasteiger partial charge in [0, 0.05) is 31.5 Å². The summed E-state index contributed by atoms with van der Waals surface area (Å²) in [6.45, 7) is 13.5. The Morgan fingerprint density at radius 2 is 2.00 bits per heavy atom. The fourth-order valence-corrected chi connectivity index (χ4v) is 8.78. The third-order valence-corrected chi connectivity index (χ3v) is 10.1. The maximum absolute atomic E-state index is 14.2. The molecule has 1 N–H and O–H groups in total. The van der Waals surface area contributed by atoms with Crippen LogP contribution in [0, 0.1) is 17.8 Å². The van der Waals surface area contributed by atoms with Crippen molar-refractivity contribution in [2.75, 3.05) is 32.8 Å². The number of rotatable bonds is 16. The molecule has 0 radical (unpaired) electrons. The Hall–Kier alpha value is -1.80. The maximum Gasteiger partial charge on any atom is 0.310 e. The molecule has 1 spiro atoms. The molecule has 3 fully saturated rings. The summed E-state index contributed by atoms with van der Waals surface area (Å²) in [7, 11) is 0. The predicted molar refractivity (Wildman–Crippen MR) is 143 cm³/mol. The minimum Gasteiger partial charge on any atom is -0.465 e. The Balaban J connectivity index is 1.89. The number of allylic oxidation sites excluding steroid dienone is 1. The Labute approximate surface area is 220 Å². The van der Waals surface area contributed by atoms with E-state index < -0.39 is 22.6 Å². The van der Waals surface area contributed by atoms with Gasteiger partial charge >= 0.3 is 5.97 Å². The number of fused-ring (bicyclic) bond motifs is 1. The standard InChI is InChI=1S/C28H44N2O5S/c1-5-8-10-12-18-35-27(34)22-21-19-20(4)28(36-21)23(22)25(32)30(16-13-17-31)24(28)26(33)29(14-7-3)15-11-9-6-2/h5,7,20-24,31H,1,3,6,8-19H2,2,4H3/t20?,21-,22+,23-,24?,28?/m0/s1. The van der Waals surface area contributed by atoms with Crippen molar-refractivity contribution in [2.45, 2.75) is 81.3 Å². The third kappa shape index (κ3) is 5.40. The normalized spacial score (nSPS) is 30.4. The van der Waals surface area contributed by atoms with Crippen LogP contribution in [0.1, 0.15) is 65.2 Å². The largest absolute Gasteiger partial charge is 0.465 e. The molecular formula is C28H44N2O5S. The molecule has 3 aliphatic heterocycles. The average Bonchev–Trinajstić information content (AvgIpc) is 3.45. The predicted octanol–water partition coefficient (Wildman–Crippen LogP) is 3.81. The van der Waals surface area contributed by atoms with Crippen molar-refractivity contribution >= 4 is 29.5 Å². The highest BCUT2D eigenvalue weighted by Crippen LogP contribution is 2.68. The number of esters is 1. The van der Waals surface area contributed by atoms with Gasteiger partial charge in [-0.05, 0) is 44.4 Å². The minimum atomic E-state index is -0.648. The van der Waals surface area contributed by atoms with E-state index in [0.717, 1.165) is 44.9 Å². The van der Waals surface area contributed by atoms with Crippen LogP contribution in [0.3, 0.4) is 0 Å². The summed E-state index contributed by atoms with van der Waals surface area (Å²) >= 11 is 1.67. The van der Waals surface area contributed by atoms with Crippen molar-refractivity contribution in [3.05, 3.63) is 25.3 Å². The fraction of sp³-hybridized carbons (Fsp3) is 0.750. The number of carbonyl (C=O) groups is 3. The van der Waals surface area contributed by atoms with Gasteiger partial charge in [0.2, 0.25) is 11.8 Å². The van der Waals surface area contributed by atoms with Crippen LogP contribution < -0.4 is 0 Å². The SMILES string of the molecule is C=CCCCCOC(=O)[C@@H]1[C@@H]2CC(C)C3(S2)C(C(=O)N(CC=C)CCCCC)N(CCCO)C(=O)[C@H]13. The zero-order chi connectivity index (χ0) is 26.3. The Morgan fingerprint density at radius 1 is 1.22 bits per heavy atom. The molecule has 2 bridgehead atoms. The Morgan fingerprint density at radius 3 is 2.67 bits per heavy atom. The molecule has 3 unspecified atom stereocenters. The van der Waals surface area contributed by atoms with Crippen LogP contribution in [0.2, 0.25) is 0 Å². The summed E-state index contributed by atoms with van der Waals surface area (Å²) in [4.78, 5) is 44.9. The smallest absolute Gasteiger partial charge is 0.310 e. The molecule has 0 aromatic heterocycles. The van der Waals surface area contributed by atoms with Gasteiger partial charge < -0.3 is 19.6 Å². The quantitative estimate of drug-likeness (QED) is 0.189. The first kappa shape index (κ1) is 28.8. The molecule has 3 saturated heterocycles. The number of aliphatic hydroxyl groups is 1. The summed E-state index contributed by atoms with van der Waals surface area (Å²) in [5.74, 6) is -1.47. The van der Waals surface area contributed by atoms with E-state index in [1.165, 1.54) is 0 Å². The zero-order valence-electron chi connectivity index (χ0n) is 22.0. The average molecular weight is 521 g/mol. The van der Waals surface area contributed by atoms with Crippen molar-refractivity contribution in [2.24, 2.45) is 17.8 Å². The molecule has 0 aliphatic carbocycles. The van der Waals surface area contributed by atoms with E-state index in [1.54, 1.807) is 22.7 Å². The number of likely N-dealkylation sites (tertiary alicyclic amines) is 1. The van der Waals surface area contributed by atoms with E-state index in [1.807, 2.05) is 11.0 Å². The number of thioether (sulfide) groups is 1. The number of carbonyl (C=O) groups excluding carboxylic acids is 3. The number of ether oxygens (including phenoxy) is 1. The van der Waals surface area contributed by atoms with Gasteiger partial charge in [-0.3, -0.25) is 14.4 Å². The van der Waals surface area contributed by atoms with E-state index >= 15 is 0 Å². The van der Waals surface area contributed by atoms with Gasteiger partial charge in [0.1, 0.15) is 6.04 Å². The van der Waals surface area contributed by atoms with Crippen molar-refractivity contribution in [1.29, 1.82) is 0 Å². The molecule has 3 aliphatic rings. The highest BCUT2D eigenvalue weighted by atomic mass is 32.2. The lowest BCUT2D eigenvalue weighted by Crippen LogP contribution is -2.57. The first-order chi connectivity index (χ1) is 17.4. The summed E-state index contributed by atoms with van der Waals surface area (Å²) in [5.41, 5.74) is 0. The number of aliphatic hydroxyl groups excluding tert-OH is 1. The maximum atomic E-state index is 14.2. The third-order valence-electron chi connectivity index (χ3n) is 8.05. The number of hydrogen-bond acceptors (Lipinski definition) is 6. The molecule has 7 nitrogen and oxygen atoms in total. The van der Waals surface area contributed by atoms with Crippen LogP contribution in [0.5, 0.6) is 0 Å². The molecule has 0 aromatic rings. The van der Waals surface area contributed by atoms with Crippen molar-refractivity contribution in [3.8, 4) is 0 Å². The van der Waals surface area contributed by atoms with Crippen LogP contribution in [-0.4, -0.2) is 81.6 Å². The van der Waals surface area contributed by atoms with Crippen molar-refractivity contribution < 1.29 is 24.2 Å². The van der Waals surface area contributed by atoms with Crippen LogP contribution >= 0.6 is 11.8 Å². The molecule has 2 amide bonds. The van der Waals surface area contributed by atoms with Gasteiger partial charge in [0.15, 0.2) is 0 Å². The first-order valence-electron chi connectivity index (χ1n) is 13.6. The monoisotopic (exact) mass is 520 g/mol. The number of unbranched alkanes of at least 4 members (excludes halogenated alkanes) is 4. The number of nitrogens with zero attached hydrogens (tertiary/aromatic N) is 2. The van der Waals surface area contributed by atoms with E-state index in [9.17, 15) is 19.5 Å². The molecule has 202 valence electrons. The summed E-state index contributed by atoms with van der Waals surface area (Å²) in [6.07, 6.45) is 10.3. The first-order valence-corrected chi connectivity index (χ1v) is 14.5. The lowest BCUT2D eigenvalue weighted by Gasteiger charge is -2.40. The topological polar surface area (TPSA) is 87.2 Å². The second-order valence-electron chi connectivity index (χ2n) is 10.4. The van der Waals surface area contributed by atoms with Gasteiger partial charge in [0.25, 0.3) is 0 Å². The molecule has 8 heteroatoms. The number of amides is 2. The number of hydrogen-bond donors (Lipinski definition) is 1. The van der Waals surface area contributed by atoms with Crippen LogP contribution in [0.15, 0.2) is 25.3 Å². The molecule has 0 aromatic carbocycles. The van der Waals surface area contributed by atoms with Gasteiger partial charge in [0.05, 0.1) is 23.2 Å². The molecule has 0 saturated carbocycles. The van der Waals surface area contributed by atoms with Gasteiger partial charge in [-0.2, -0.15) is 0 Å². The summed E-state index contributed by atoms with van der Waals surface area (Å²) in [6, 6.07) is -0.640. The van der Waals surface area contributed by atoms with Crippen LogP contribution in [0.4, 0.5) is 0 Å². The van der Waals surface area contributed by atoms with Gasteiger partial charge in [-0.1, -0.05) is 38.8 Å².